The lowest BCUT2D eigenvalue weighted by Gasteiger charge is -2.39. The highest BCUT2D eigenvalue weighted by atomic mass is 127. The summed E-state index contributed by atoms with van der Waals surface area (Å²) in [5.41, 5.74) is 2.73. The molecule has 1 aromatic carbocycles. The van der Waals surface area contributed by atoms with Crippen LogP contribution < -0.4 is 5.32 Å². The monoisotopic (exact) mass is 550 g/mol. The Kier molecular flexibility index (Phi) is 8.96. The predicted molar refractivity (Wildman–Crippen MR) is 132 cm³/mol. The van der Waals surface area contributed by atoms with Crippen LogP contribution in [0.1, 0.15) is 31.9 Å². The number of aliphatic hydroxyl groups excluding tert-OH is 1. The van der Waals surface area contributed by atoms with Gasteiger partial charge in [-0.05, 0) is 38.3 Å². The number of rotatable bonds is 5. The Morgan fingerprint density at radius 2 is 1.97 bits per heavy atom. The molecule has 170 valence electrons. The molecule has 0 radical (unpaired) electrons. The summed E-state index contributed by atoms with van der Waals surface area (Å²) in [4.78, 5) is 8.88. The van der Waals surface area contributed by atoms with Crippen molar-refractivity contribution in [3.63, 3.8) is 0 Å². The van der Waals surface area contributed by atoms with Crippen LogP contribution in [0.5, 0.6) is 0 Å². The van der Waals surface area contributed by atoms with Gasteiger partial charge in [-0.15, -0.1) is 24.0 Å². The molecule has 2 heterocycles. The lowest BCUT2D eigenvalue weighted by Crippen LogP contribution is -2.57. The van der Waals surface area contributed by atoms with Gasteiger partial charge in [-0.2, -0.15) is 0 Å². The van der Waals surface area contributed by atoms with E-state index in [1.54, 1.807) is 13.8 Å². The van der Waals surface area contributed by atoms with E-state index in [2.05, 4.69) is 39.5 Å². The molecule has 30 heavy (non-hydrogen) atoms. The molecular formula is C21H35IN4O3S. The first-order valence-corrected chi connectivity index (χ1v) is 12.1. The topological polar surface area (TPSA) is 85.2 Å². The van der Waals surface area contributed by atoms with Gasteiger partial charge in [0.2, 0.25) is 0 Å². The third-order valence-electron chi connectivity index (χ3n) is 5.81. The quantitative estimate of drug-likeness (QED) is 0.329. The van der Waals surface area contributed by atoms with Crippen LogP contribution in [0.2, 0.25) is 0 Å². The third kappa shape index (κ3) is 6.08. The molecule has 0 aromatic heterocycles. The van der Waals surface area contributed by atoms with Crippen molar-refractivity contribution in [1.29, 1.82) is 0 Å². The van der Waals surface area contributed by atoms with Crippen LogP contribution in [-0.2, 0) is 22.8 Å². The van der Waals surface area contributed by atoms with Gasteiger partial charge in [-0.3, -0.25) is 9.89 Å². The number of halogens is 1. The number of nitrogens with one attached hydrogen (secondary N) is 1. The minimum absolute atomic E-state index is 0. The number of hydrogen-bond donors (Lipinski definition) is 2. The predicted octanol–water partition coefficient (Wildman–Crippen LogP) is 1.50. The van der Waals surface area contributed by atoms with Crippen LogP contribution in [0.3, 0.4) is 0 Å². The number of sulfone groups is 1. The van der Waals surface area contributed by atoms with Gasteiger partial charge < -0.3 is 15.3 Å². The average molecular weight is 551 g/mol. The number of fused-ring (bicyclic) bond motifs is 1. The van der Waals surface area contributed by atoms with E-state index >= 15 is 0 Å². The zero-order chi connectivity index (χ0) is 21.1. The molecule has 3 rings (SSSR count). The van der Waals surface area contributed by atoms with Crippen molar-refractivity contribution in [2.75, 3.05) is 45.0 Å². The summed E-state index contributed by atoms with van der Waals surface area (Å²) in [7, 11) is -3.10. The van der Waals surface area contributed by atoms with E-state index in [1.165, 1.54) is 11.1 Å². The van der Waals surface area contributed by atoms with Gasteiger partial charge in [0.15, 0.2) is 15.8 Å². The number of guanidine groups is 1. The Bertz CT molecular complexity index is 844. The van der Waals surface area contributed by atoms with Crippen molar-refractivity contribution in [1.82, 2.24) is 15.1 Å². The largest absolute Gasteiger partial charge is 0.390 e. The first-order chi connectivity index (χ1) is 13.7. The summed E-state index contributed by atoms with van der Waals surface area (Å²) in [6.07, 6.45) is 0.446. The van der Waals surface area contributed by atoms with Crippen molar-refractivity contribution in [2.45, 2.75) is 44.6 Å². The summed E-state index contributed by atoms with van der Waals surface area (Å²) in [6, 6.07) is 8.47. The molecule has 0 aliphatic carbocycles. The molecule has 1 saturated heterocycles. The van der Waals surface area contributed by atoms with E-state index in [1.807, 2.05) is 11.8 Å². The summed E-state index contributed by atoms with van der Waals surface area (Å²) >= 11 is 0. The molecule has 0 saturated carbocycles. The fourth-order valence-electron chi connectivity index (χ4n) is 4.01. The second kappa shape index (κ2) is 10.6. The molecule has 7 nitrogen and oxygen atoms in total. The van der Waals surface area contributed by atoms with Gasteiger partial charge in [-0.1, -0.05) is 24.3 Å². The zero-order valence-electron chi connectivity index (χ0n) is 18.2. The highest BCUT2D eigenvalue weighted by Crippen LogP contribution is 2.24. The molecule has 0 spiro atoms. The minimum Gasteiger partial charge on any atom is -0.390 e. The number of aliphatic imine (C=N–C) groups is 1. The van der Waals surface area contributed by atoms with Crippen molar-refractivity contribution in [3.8, 4) is 0 Å². The zero-order valence-corrected chi connectivity index (χ0v) is 21.3. The fourth-order valence-corrected chi connectivity index (χ4v) is 5.37. The van der Waals surface area contributed by atoms with Gasteiger partial charge >= 0.3 is 0 Å². The van der Waals surface area contributed by atoms with E-state index in [0.29, 0.717) is 38.7 Å². The normalized spacial score (nSPS) is 22.0. The highest BCUT2D eigenvalue weighted by molar-refractivity contribution is 14.0. The van der Waals surface area contributed by atoms with Crippen LogP contribution in [0.25, 0.3) is 0 Å². The summed E-state index contributed by atoms with van der Waals surface area (Å²) < 4.78 is 23.7. The Balaban J connectivity index is 0.00000320. The summed E-state index contributed by atoms with van der Waals surface area (Å²) in [5, 5.41) is 13.8. The lowest BCUT2D eigenvalue weighted by molar-refractivity contribution is 0.111. The molecule has 0 bridgehead atoms. The summed E-state index contributed by atoms with van der Waals surface area (Å²) in [6.45, 7) is 9.72. The van der Waals surface area contributed by atoms with Crippen molar-refractivity contribution in [3.05, 3.63) is 35.4 Å². The third-order valence-corrected chi connectivity index (χ3v) is 8.34. The molecule has 1 aromatic rings. The maximum Gasteiger partial charge on any atom is 0.194 e. The maximum atomic E-state index is 12.3. The van der Waals surface area contributed by atoms with E-state index < -0.39 is 20.7 Å². The minimum atomic E-state index is -3.10. The van der Waals surface area contributed by atoms with Gasteiger partial charge in [-0.25, -0.2) is 8.42 Å². The van der Waals surface area contributed by atoms with Crippen molar-refractivity contribution >= 4 is 39.8 Å². The van der Waals surface area contributed by atoms with Gasteiger partial charge in [0.05, 0.1) is 23.1 Å². The molecule has 1 unspecified atom stereocenters. The smallest absolute Gasteiger partial charge is 0.194 e. The molecule has 1 atom stereocenters. The molecule has 2 aliphatic rings. The Morgan fingerprint density at radius 1 is 1.27 bits per heavy atom. The maximum absolute atomic E-state index is 12.3. The number of aliphatic hydroxyl groups is 1. The molecule has 2 N–H and O–H groups in total. The highest BCUT2D eigenvalue weighted by Gasteiger charge is 2.41. The molecule has 2 aliphatic heterocycles. The fraction of sp³-hybridized carbons (Fsp3) is 0.667. The molecule has 9 heteroatoms. The molecular weight excluding hydrogens is 515 g/mol. The van der Waals surface area contributed by atoms with Crippen LogP contribution in [0.15, 0.2) is 29.3 Å². The number of nitrogens with zero attached hydrogens (tertiary/aromatic N) is 3. The van der Waals surface area contributed by atoms with Crippen molar-refractivity contribution < 1.29 is 13.5 Å². The van der Waals surface area contributed by atoms with E-state index in [9.17, 15) is 13.5 Å². The van der Waals surface area contributed by atoms with Crippen LogP contribution in [0.4, 0.5) is 0 Å². The van der Waals surface area contributed by atoms with E-state index in [-0.39, 0.29) is 29.7 Å². The Morgan fingerprint density at radius 3 is 2.63 bits per heavy atom. The van der Waals surface area contributed by atoms with Crippen LogP contribution >= 0.6 is 24.0 Å². The summed E-state index contributed by atoms with van der Waals surface area (Å²) in [5.74, 6) is 0.804. The number of benzene rings is 1. The lowest BCUT2D eigenvalue weighted by atomic mass is 10.00. The Labute approximate surface area is 197 Å². The average Bonchev–Trinajstić information content (AvgIpc) is 2.67. The van der Waals surface area contributed by atoms with Crippen LogP contribution in [-0.4, -0.2) is 85.2 Å². The number of β-amino-alcohol motifs (C(OH)–C–C–N with tert-alkyl or cyclic N) is 1. The van der Waals surface area contributed by atoms with Crippen molar-refractivity contribution in [2.24, 2.45) is 4.99 Å². The second-order valence-corrected chi connectivity index (χ2v) is 11.3. The van der Waals surface area contributed by atoms with Gasteiger partial charge in [0, 0.05) is 39.3 Å². The first-order valence-electron chi connectivity index (χ1n) is 10.4. The standard InChI is InChI=1S/C21H34N4O3S.HI/c1-4-22-20(25-11-12-29(27,28)21(2,3)16-25)23-13-19(26)15-24-10-9-17-7-5-6-8-18(17)14-24;/h5-8,19,26H,4,9-16H2,1-3H3,(H,22,23);1H. The molecule has 0 amide bonds. The van der Waals surface area contributed by atoms with Gasteiger partial charge in [0.25, 0.3) is 0 Å². The number of hydrogen-bond acceptors (Lipinski definition) is 5. The Hall–Kier alpha value is -0.910. The van der Waals surface area contributed by atoms with E-state index in [0.717, 1.165) is 19.5 Å². The molecule has 1 fully saturated rings. The SMILES string of the molecule is CCNC(=NCC(O)CN1CCc2ccccc2C1)N1CCS(=O)(=O)C(C)(C)C1.I. The van der Waals surface area contributed by atoms with Gasteiger partial charge in [0.1, 0.15) is 0 Å². The van der Waals surface area contributed by atoms with Crippen LogP contribution in [0, 0.1) is 0 Å². The van der Waals surface area contributed by atoms with E-state index in [4.69, 9.17) is 0 Å². The second-order valence-electron chi connectivity index (χ2n) is 8.60. The first kappa shape index (κ1) is 25.4.